The van der Waals surface area contributed by atoms with Gasteiger partial charge in [-0.25, -0.2) is 8.42 Å². The highest BCUT2D eigenvalue weighted by atomic mass is 35.5. The molecule has 1 amide bonds. The summed E-state index contributed by atoms with van der Waals surface area (Å²) in [7, 11) is -3.99. The van der Waals surface area contributed by atoms with E-state index in [2.05, 4.69) is 0 Å². The maximum Gasteiger partial charge on any atom is 0.402 e. The van der Waals surface area contributed by atoms with Crippen LogP contribution in [-0.2, 0) is 19.6 Å². The van der Waals surface area contributed by atoms with Crippen molar-refractivity contribution in [2.24, 2.45) is 5.73 Å². The number of hydrogen-bond donors (Lipinski definition) is 1. The van der Waals surface area contributed by atoms with Crippen LogP contribution < -0.4 is 5.73 Å². The number of likely N-dealkylation sites (tertiary alicyclic amines) is 1. The van der Waals surface area contributed by atoms with E-state index in [0.717, 1.165) is 6.26 Å². The molecule has 2 aliphatic rings. The van der Waals surface area contributed by atoms with Crippen molar-refractivity contribution in [3.05, 3.63) is 0 Å². The van der Waals surface area contributed by atoms with Crippen LogP contribution >= 0.6 is 12.4 Å². The van der Waals surface area contributed by atoms with Crippen LogP contribution in [0.15, 0.2) is 0 Å². The zero-order valence-corrected chi connectivity index (χ0v) is 16.1. The fourth-order valence-electron chi connectivity index (χ4n) is 3.33. The Bertz CT molecular complexity index is 582. The third kappa shape index (κ3) is 6.22. The largest absolute Gasteiger partial charge is 0.402 e. The molecule has 0 radical (unpaired) electrons. The van der Waals surface area contributed by atoms with Gasteiger partial charge in [0.15, 0.2) is 0 Å². The number of amides is 1. The van der Waals surface area contributed by atoms with Crippen molar-refractivity contribution in [3.63, 3.8) is 0 Å². The lowest BCUT2D eigenvalue weighted by Crippen LogP contribution is -2.52. The molecule has 0 aromatic carbocycles. The SMILES string of the molecule is CS(=O)(=O)N(CC(F)(F)F)C1CCN(C(=O)[C@@H]2CC[C@H](CN)O2)CC1.Cl. The number of rotatable bonds is 5. The van der Waals surface area contributed by atoms with E-state index in [1.165, 1.54) is 4.90 Å². The van der Waals surface area contributed by atoms with Crippen LogP contribution in [0.2, 0.25) is 0 Å². The van der Waals surface area contributed by atoms with E-state index >= 15 is 0 Å². The number of carbonyl (C=O) groups excluding carboxylic acids is 1. The van der Waals surface area contributed by atoms with E-state index in [9.17, 15) is 26.4 Å². The molecule has 154 valence electrons. The van der Waals surface area contributed by atoms with Crippen molar-refractivity contribution < 1.29 is 31.1 Å². The fourth-order valence-corrected chi connectivity index (χ4v) is 4.47. The molecule has 0 aromatic rings. The second kappa shape index (κ2) is 9.05. The van der Waals surface area contributed by atoms with Gasteiger partial charge in [0.1, 0.15) is 12.6 Å². The number of halogens is 4. The maximum absolute atomic E-state index is 12.7. The van der Waals surface area contributed by atoms with Crippen LogP contribution in [0, 0.1) is 0 Å². The third-order valence-corrected chi connectivity index (χ3v) is 5.87. The van der Waals surface area contributed by atoms with Gasteiger partial charge in [-0.1, -0.05) is 0 Å². The Hall–Kier alpha value is -0.620. The minimum absolute atomic E-state index is 0. The van der Waals surface area contributed by atoms with Crippen molar-refractivity contribution >= 4 is 28.3 Å². The predicted octanol–water partition coefficient (Wildman–Crippen LogP) is 0.729. The highest BCUT2D eigenvalue weighted by Gasteiger charge is 2.41. The smallest absolute Gasteiger partial charge is 0.364 e. The lowest BCUT2D eigenvalue weighted by atomic mass is 10.0. The van der Waals surface area contributed by atoms with E-state index in [0.29, 0.717) is 23.7 Å². The molecule has 0 aromatic heterocycles. The molecule has 0 unspecified atom stereocenters. The molecule has 0 bridgehead atoms. The first-order valence-electron chi connectivity index (χ1n) is 8.19. The maximum atomic E-state index is 12.7. The summed E-state index contributed by atoms with van der Waals surface area (Å²) < 4.78 is 67.5. The first-order valence-corrected chi connectivity index (χ1v) is 10.0. The highest BCUT2D eigenvalue weighted by molar-refractivity contribution is 7.88. The summed E-state index contributed by atoms with van der Waals surface area (Å²) in [5, 5.41) is 0. The number of nitrogens with two attached hydrogens (primary N) is 1. The average Bonchev–Trinajstić information content (AvgIpc) is 2.99. The molecule has 0 spiro atoms. The first-order chi connectivity index (χ1) is 11.5. The molecule has 2 N–H and O–H groups in total. The monoisotopic (exact) mass is 423 g/mol. The van der Waals surface area contributed by atoms with Gasteiger partial charge in [0.25, 0.3) is 5.91 Å². The van der Waals surface area contributed by atoms with Gasteiger partial charge in [-0.15, -0.1) is 12.4 Å². The molecule has 2 saturated heterocycles. The molecule has 2 heterocycles. The zero-order chi connectivity index (χ0) is 18.8. The molecule has 0 aliphatic carbocycles. The number of sulfonamides is 1. The van der Waals surface area contributed by atoms with Gasteiger partial charge in [0.05, 0.1) is 12.4 Å². The highest BCUT2D eigenvalue weighted by Crippen LogP contribution is 2.27. The lowest BCUT2D eigenvalue weighted by Gasteiger charge is -2.38. The van der Waals surface area contributed by atoms with E-state index in [1.54, 1.807) is 0 Å². The van der Waals surface area contributed by atoms with Crippen molar-refractivity contribution in [2.75, 3.05) is 32.4 Å². The lowest BCUT2D eigenvalue weighted by molar-refractivity contribution is -0.147. The summed E-state index contributed by atoms with van der Waals surface area (Å²) in [6.07, 6.45) is -2.92. The van der Waals surface area contributed by atoms with Gasteiger partial charge < -0.3 is 15.4 Å². The van der Waals surface area contributed by atoms with Crippen molar-refractivity contribution in [1.29, 1.82) is 0 Å². The van der Waals surface area contributed by atoms with Crippen LogP contribution in [0.1, 0.15) is 25.7 Å². The summed E-state index contributed by atoms with van der Waals surface area (Å²) in [6.45, 7) is -0.748. The molecule has 2 aliphatic heterocycles. The van der Waals surface area contributed by atoms with Crippen LogP contribution in [0.25, 0.3) is 0 Å². The van der Waals surface area contributed by atoms with Crippen molar-refractivity contribution in [2.45, 2.75) is 50.1 Å². The van der Waals surface area contributed by atoms with Gasteiger partial charge in [-0.2, -0.15) is 17.5 Å². The Morgan fingerprint density at radius 1 is 1.23 bits per heavy atom. The number of nitrogens with zero attached hydrogens (tertiary/aromatic N) is 2. The molecule has 2 rings (SSSR count). The van der Waals surface area contributed by atoms with Gasteiger partial charge in [-0.05, 0) is 25.7 Å². The van der Waals surface area contributed by atoms with Crippen molar-refractivity contribution in [3.8, 4) is 0 Å². The summed E-state index contributed by atoms with van der Waals surface area (Å²) >= 11 is 0. The van der Waals surface area contributed by atoms with Crippen LogP contribution in [-0.4, -0.2) is 80.4 Å². The number of alkyl halides is 3. The number of piperidine rings is 1. The van der Waals surface area contributed by atoms with Crippen LogP contribution in [0.3, 0.4) is 0 Å². The number of carbonyl (C=O) groups is 1. The summed E-state index contributed by atoms with van der Waals surface area (Å²) in [5.74, 6) is -0.198. The number of hydrogen-bond acceptors (Lipinski definition) is 5. The minimum atomic E-state index is -4.61. The van der Waals surface area contributed by atoms with Crippen LogP contribution in [0.5, 0.6) is 0 Å². The molecular formula is C14H25ClF3N3O4S. The van der Waals surface area contributed by atoms with Gasteiger partial charge in [-0.3, -0.25) is 4.79 Å². The molecule has 26 heavy (non-hydrogen) atoms. The molecule has 7 nitrogen and oxygen atoms in total. The quantitative estimate of drug-likeness (QED) is 0.703. The average molecular weight is 424 g/mol. The van der Waals surface area contributed by atoms with Gasteiger partial charge in [0.2, 0.25) is 10.0 Å². The van der Waals surface area contributed by atoms with E-state index in [4.69, 9.17) is 10.5 Å². The summed E-state index contributed by atoms with van der Waals surface area (Å²) in [5.41, 5.74) is 5.51. The fraction of sp³-hybridized carbons (Fsp3) is 0.929. The van der Waals surface area contributed by atoms with Crippen molar-refractivity contribution in [1.82, 2.24) is 9.21 Å². The van der Waals surface area contributed by atoms with Gasteiger partial charge >= 0.3 is 6.18 Å². The third-order valence-electron chi connectivity index (χ3n) is 4.59. The topological polar surface area (TPSA) is 92.9 Å². The molecule has 2 atom stereocenters. The summed E-state index contributed by atoms with van der Waals surface area (Å²) in [4.78, 5) is 13.9. The Morgan fingerprint density at radius 2 is 1.81 bits per heavy atom. The second-order valence-corrected chi connectivity index (χ2v) is 8.47. The molecule has 12 heteroatoms. The Kier molecular flexibility index (Phi) is 8.15. The van der Waals surface area contributed by atoms with E-state index in [1.807, 2.05) is 0 Å². The molecule has 0 saturated carbocycles. The normalized spacial score (nSPS) is 25.4. The summed E-state index contributed by atoms with van der Waals surface area (Å²) in [6, 6.07) is -0.762. The predicted molar refractivity (Wildman–Crippen MR) is 91.4 cm³/mol. The minimum Gasteiger partial charge on any atom is -0.364 e. The zero-order valence-electron chi connectivity index (χ0n) is 14.4. The molecule has 2 fully saturated rings. The molecular weight excluding hydrogens is 399 g/mol. The Labute approximate surface area is 157 Å². The number of ether oxygens (including phenoxy) is 1. The van der Waals surface area contributed by atoms with Gasteiger partial charge in [0, 0.05) is 25.7 Å². The Balaban J connectivity index is 0.00000338. The van der Waals surface area contributed by atoms with Crippen LogP contribution in [0.4, 0.5) is 13.2 Å². The Morgan fingerprint density at radius 3 is 2.23 bits per heavy atom. The van der Waals surface area contributed by atoms with E-state index in [-0.39, 0.29) is 50.3 Å². The first kappa shape index (κ1) is 23.4. The van der Waals surface area contributed by atoms with E-state index < -0.39 is 34.9 Å². The standard InChI is InChI=1S/C14H24F3N3O4S.ClH/c1-25(22,23)20(9-14(15,16)17)10-4-6-19(7-5-10)13(21)12-3-2-11(8-18)24-12;/h10-12H,2-9,18H2,1H3;1H/t11-,12+;/m1./s1. The second-order valence-electron chi connectivity index (χ2n) is 6.54.